The van der Waals surface area contributed by atoms with Crippen LogP contribution in [0.4, 0.5) is 0 Å². The molecule has 2 atom stereocenters. The number of nitrogens with one attached hydrogen (secondary N) is 1. The van der Waals surface area contributed by atoms with Crippen LogP contribution in [0.15, 0.2) is 0 Å². The summed E-state index contributed by atoms with van der Waals surface area (Å²) < 4.78 is 5.10. The van der Waals surface area contributed by atoms with E-state index in [0.29, 0.717) is 13.2 Å². The normalized spacial score (nSPS) is 24.6. The van der Waals surface area contributed by atoms with Crippen LogP contribution < -0.4 is 5.32 Å². The lowest BCUT2D eigenvalue weighted by Crippen LogP contribution is -2.33. The first kappa shape index (κ1) is 14.5. The summed E-state index contributed by atoms with van der Waals surface area (Å²) in [5, 5.41) is 3.24. The fraction of sp³-hybridized carbons (Fsp3) is 0.929. The van der Waals surface area contributed by atoms with E-state index < -0.39 is 0 Å². The lowest BCUT2D eigenvalue weighted by atomic mass is 9.80. The Morgan fingerprint density at radius 1 is 1.35 bits per heavy atom. The molecule has 0 saturated heterocycles. The Bertz CT molecular complexity index is 218. The number of rotatable bonds is 7. The summed E-state index contributed by atoms with van der Waals surface area (Å²) in [5.74, 6) is 1.43. The van der Waals surface area contributed by atoms with Crippen molar-refractivity contribution in [1.82, 2.24) is 5.32 Å². The van der Waals surface area contributed by atoms with Gasteiger partial charge in [0.2, 0.25) is 0 Å². The van der Waals surface area contributed by atoms with Gasteiger partial charge in [-0.25, -0.2) is 0 Å². The molecule has 0 spiro atoms. The second-order valence-corrected chi connectivity index (χ2v) is 5.23. The first-order chi connectivity index (χ1) is 8.24. The minimum absolute atomic E-state index is 0.109. The summed E-state index contributed by atoms with van der Waals surface area (Å²) in [4.78, 5) is 11.4. The molecule has 0 aromatic heterocycles. The number of esters is 1. The van der Waals surface area contributed by atoms with E-state index in [0.717, 1.165) is 31.2 Å². The predicted octanol–water partition coefficient (Wildman–Crippen LogP) is 2.75. The van der Waals surface area contributed by atoms with Crippen LogP contribution >= 0.6 is 0 Å². The standard InChI is InChI=1S/C14H27NO2/c1-3-4-9-17-14(16)11-15-10-13-8-6-5-7-12(13)2/h12-13,15H,3-11H2,1-2H3. The number of carbonyl (C=O) groups excluding carboxylic acids is 1. The summed E-state index contributed by atoms with van der Waals surface area (Å²) in [7, 11) is 0. The maximum Gasteiger partial charge on any atom is 0.319 e. The molecule has 1 N–H and O–H groups in total. The molecule has 0 aliphatic heterocycles. The molecule has 0 aromatic carbocycles. The fourth-order valence-electron chi connectivity index (χ4n) is 2.44. The molecule has 100 valence electrons. The molecule has 0 bridgehead atoms. The Labute approximate surface area is 105 Å². The monoisotopic (exact) mass is 241 g/mol. The van der Waals surface area contributed by atoms with E-state index in [4.69, 9.17) is 4.74 Å². The Morgan fingerprint density at radius 2 is 2.12 bits per heavy atom. The van der Waals surface area contributed by atoms with Crippen LogP contribution in [0.3, 0.4) is 0 Å². The number of unbranched alkanes of at least 4 members (excludes halogenated alkanes) is 1. The molecular weight excluding hydrogens is 214 g/mol. The first-order valence-corrected chi connectivity index (χ1v) is 7.10. The van der Waals surface area contributed by atoms with E-state index in [1.807, 2.05) is 0 Å². The molecule has 0 radical (unpaired) electrons. The zero-order valence-electron chi connectivity index (χ0n) is 11.3. The molecule has 2 unspecified atom stereocenters. The van der Waals surface area contributed by atoms with E-state index in [9.17, 15) is 4.79 Å². The van der Waals surface area contributed by atoms with Crippen molar-refractivity contribution in [2.45, 2.75) is 52.4 Å². The number of hydrogen-bond acceptors (Lipinski definition) is 3. The van der Waals surface area contributed by atoms with Crippen LogP contribution in [0.2, 0.25) is 0 Å². The quantitative estimate of drug-likeness (QED) is 0.550. The first-order valence-electron chi connectivity index (χ1n) is 7.10. The van der Waals surface area contributed by atoms with E-state index >= 15 is 0 Å². The van der Waals surface area contributed by atoms with Crippen LogP contribution in [-0.2, 0) is 9.53 Å². The predicted molar refractivity (Wildman–Crippen MR) is 69.9 cm³/mol. The second kappa shape index (κ2) is 8.51. The van der Waals surface area contributed by atoms with Crippen molar-refractivity contribution in [3.8, 4) is 0 Å². The molecule has 0 amide bonds. The van der Waals surface area contributed by atoms with Gasteiger partial charge in [0.15, 0.2) is 0 Å². The lowest BCUT2D eigenvalue weighted by molar-refractivity contribution is -0.142. The molecule has 3 nitrogen and oxygen atoms in total. The Balaban J connectivity index is 2.04. The van der Waals surface area contributed by atoms with Crippen molar-refractivity contribution >= 4 is 5.97 Å². The third kappa shape index (κ3) is 6.06. The number of carbonyl (C=O) groups is 1. The van der Waals surface area contributed by atoms with Gasteiger partial charge in [-0.15, -0.1) is 0 Å². The third-order valence-corrected chi connectivity index (χ3v) is 3.73. The van der Waals surface area contributed by atoms with Crippen molar-refractivity contribution < 1.29 is 9.53 Å². The third-order valence-electron chi connectivity index (χ3n) is 3.73. The van der Waals surface area contributed by atoms with Crippen LogP contribution in [0.5, 0.6) is 0 Å². The zero-order chi connectivity index (χ0) is 12.5. The van der Waals surface area contributed by atoms with Crippen molar-refractivity contribution in [3.05, 3.63) is 0 Å². The summed E-state index contributed by atoms with van der Waals surface area (Å²) in [6, 6.07) is 0. The minimum Gasteiger partial charge on any atom is -0.465 e. The molecular formula is C14H27NO2. The van der Waals surface area contributed by atoms with E-state index in [2.05, 4.69) is 19.2 Å². The molecule has 1 fully saturated rings. The topological polar surface area (TPSA) is 38.3 Å². The molecule has 0 heterocycles. The summed E-state index contributed by atoms with van der Waals surface area (Å²) in [5.41, 5.74) is 0. The van der Waals surface area contributed by atoms with E-state index in [1.54, 1.807) is 0 Å². The number of ether oxygens (including phenoxy) is 1. The highest BCUT2D eigenvalue weighted by atomic mass is 16.5. The molecule has 17 heavy (non-hydrogen) atoms. The van der Waals surface area contributed by atoms with Gasteiger partial charge in [-0.2, -0.15) is 0 Å². The van der Waals surface area contributed by atoms with Gasteiger partial charge in [-0.05, 0) is 31.2 Å². The molecule has 1 saturated carbocycles. The summed E-state index contributed by atoms with van der Waals surface area (Å²) in [6.07, 6.45) is 7.40. The van der Waals surface area contributed by atoms with Gasteiger partial charge in [-0.3, -0.25) is 4.79 Å². The zero-order valence-corrected chi connectivity index (χ0v) is 11.3. The Hall–Kier alpha value is -0.570. The maximum absolute atomic E-state index is 11.4. The lowest BCUT2D eigenvalue weighted by Gasteiger charge is -2.28. The van der Waals surface area contributed by atoms with E-state index in [-0.39, 0.29) is 5.97 Å². The van der Waals surface area contributed by atoms with Crippen molar-refractivity contribution in [2.24, 2.45) is 11.8 Å². The highest BCUT2D eigenvalue weighted by molar-refractivity contribution is 5.71. The molecule has 1 aliphatic rings. The van der Waals surface area contributed by atoms with E-state index in [1.165, 1.54) is 25.7 Å². The SMILES string of the molecule is CCCCOC(=O)CNCC1CCCCC1C. The van der Waals surface area contributed by atoms with Crippen LogP contribution in [0.25, 0.3) is 0 Å². The van der Waals surface area contributed by atoms with Crippen LogP contribution in [0.1, 0.15) is 52.4 Å². The van der Waals surface area contributed by atoms with Gasteiger partial charge in [0, 0.05) is 0 Å². The molecule has 3 heteroatoms. The van der Waals surface area contributed by atoms with Gasteiger partial charge in [0.25, 0.3) is 0 Å². The minimum atomic E-state index is -0.109. The van der Waals surface area contributed by atoms with Crippen molar-refractivity contribution in [3.63, 3.8) is 0 Å². The fourth-order valence-corrected chi connectivity index (χ4v) is 2.44. The largest absolute Gasteiger partial charge is 0.465 e. The maximum atomic E-state index is 11.4. The molecule has 0 aromatic rings. The van der Waals surface area contributed by atoms with Gasteiger partial charge < -0.3 is 10.1 Å². The highest BCUT2D eigenvalue weighted by Crippen LogP contribution is 2.28. The van der Waals surface area contributed by atoms with Gasteiger partial charge in [0.1, 0.15) is 0 Å². The van der Waals surface area contributed by atoms with Gasteiger partial charge in [-0.1, -0.05) is 39.5 Å². The average Bonchev–Trinajstić information content (AvgIpc) is 2.32. The number of hydrogen-bond donors (Lipinski definition) is 1. The Morgan fingerprint density at radius 3 is 2.82 bits per heavy atom. The smallest absolute Gasteiger partial charge is 0.319 e. The van der Waals surface area contributed by atoms with Crippen molar-refractivity contribution in [1.29, 1.82) is 0 Å². The molecule has 1 aliphatic carbocycles. The van der Waals surface area contributed by atoms with Crippen LogP contribution in [-0.4, -0.2) is 25.7 Å². The molecule has 1 rings (SSSR count). The highest BCUT2D eigenvalue weighted by Gasteiger charge is 2.20. The second-order valence-electron chi connectivity index (χ2n) is 5.23. The average molecular weight is 241 g/mol. The van der Waals surface area contributed by atoms with Gasteiger partial charge >= 0.3 is 5.97 Å². The van der Waals surface area contributed by atoms with Crippen LogP contribution in [0, 0.1) is 11.8 Å². The Kier molecular flexibility index (Phi) is 7.25. The summed E-state index contributed by atoms with van der Waals surface area (Å²) in [6.45, 7) is 6.31. The van der Waals surface area contributed by atoms with Crippen molar-refractivity contribution in [2.75, 3.05) is 19.7 Å². The van der Waals surface area contributed by atoms with Gasteiger partial charge in [0.05, 0.1) is 13.2 Å². The summed E-state index contributed by atoms with van der Waals surface area (Å²) >= 11 is 0.